The lowest BCUT2D eigenvalue weighted by atomic mass is 10.00. The molecular formula is C11H25N3O3S. The van der Waals surface area contributed by atoms with Gasteiger partial charge < -0.3 is 10.0 Å². The molecule has 1 aliphatic heterocycles. The number of nitrogens with zero attached hydrogens (tertiary/aromatic N) is 2. The fraction of sp³-hybridized carbons (Fsp3) is 1.00. The molecule has 7 heteroatoms. The Morgan fingerprint density at radius 3 is 2.50 bits per heavy atom. The third kappa shape index (κ3) is 4.81. The topological polar surface area (TPSA) is 72.9 Å². The number of hydrogen-bond acceptors (Lipinski definition) is 4. The molecule has 0 bridgehead atoms. The van der Waals surface area contributed by atoms with Crippen LogP contribution in [0.1, 0.15) is 19.8 Å². The van der Waals surface area contributed by atoms with Crippen LogP contribution in [0.15, 0.2) is 0 Å². The lowest BCUT2D eigenvalue weighted by Crippen LogP contribution is -2.46. The highest BCUT2D eigenvalue weighted by Crippen LogP contribution is 2.18. The summed E-state index contributed by atoms with van der Waals surface area (Å²) >= 11 is 0. The van der Waals surface area contributed by atoms with Crippen molar-refractivity contribution in [3.63, 3.8) is 0 Å². The minimum atomic E-state index is -3.34. The Kier molecular flexibility index (Phi) is 6.51. The molecule has 0 atom stereocenters. The smallest absolute Gasteiger partial charge is 0.279 e. The molecule has 1 aliphatic rings. The van der Waals surface area contributed by atoms with Gasteiger partial charge in [-0.25, -0.2) is 4.72 Å². The highest BCUT2D eigenvalue weighted by Gasteiger charge is 2.27. The van der Waals surface area contributed by atoms with Gasteiger partial charge in [0.2, 0.25) is 0 Å². The van der Waals surface area contributed by atoms with Crippen LogP contribution >= 0.6 is 0 Å². The molecule has 0 unspecified atom stereocenters. The molecule has 0 spiro atoms. The fourth-order valence-corrected chi connectivity index (χ4v) is 3.17. The van der Waals surface area contributed by atoms with Gasteiger partial charge in [-0.2, -0.15) is 12.7 Å². The molecule has 1 rings (SSSR count). The molecule has 0 aromatic carbocycles. The predicted octanol–water partition coefficient (Wildman–Crippen LogP) is -0.523. The Balaban J connectivity index is 2.35. The average Bonchev–Trinajstić information content (AvgIpc) is 2.38. The van der Waals surface area contributed by atoms with Crippen molar-refractivity contribution in [1.29, 1.82) is 0 Å². The monoisotopic (exact) mass is 279 g/mol. The standard InChI is InChI=1S/C11H25N3O3S/c1-3-13(2)9-6-12-18(16,17)14-7-4-11(10-15)5-8-14/h11-12,15H,3-10H2,1-2H3. The van der Waals surface area contributed by atoms with E-state index >= 15 is 0 Å². The molecular weight excluding hydrogens is 254 g/mol. The van der Waals surface area contributed by atoms with E-state index in [1.165, 1.54) is 4.31 Å². The van der Waals surface area contributed by atoms with E-state index < -0.39 is 10.2 Å². The SMILES string of the molecule is CCN(C)CCNS(=O)(=O)N1CCC(CO)CC1. The molecule has 0 aliphatic carbocycles. The normalized spacial score (nSPS) is 19.6. The quantitative estimate of drug-likeness (QED) is 0.657. The Bertz CT molecular complexity index is 326. The summed E-state index contributed by atoms with van der Waals surface area (Å²) in [5, 5.41) is 9.02. The second-order valence-corrected chi connectivity index (χ2v) is 6.58. The molecule has 2 N–H and O–H groups in total. The number of rotatable bonds is 7. The van der Waals surface area contributed by atoms with E-state index in [1.807, 2.05) is 14.0 Å². The number of nitrogens with one attached hydrogen (secondary N) is 1. The van der Waals surface area contributed by atoms with Crippen molar-refractivity contribution in [2.75, 3.05) is 46.4 Å². The molecule has 1 heterocycles. The summed E-state index contributed by atoms with van der Waals surface area (Å²) in [6, 6.07) is 0. The number of aliphatic hydroxyl groups is 1. The second kappa shape index (κ2) is 7.40. The Hall–Kier alpha value is -0.210. The highest BCUT2D eigenvalue weighted by molar-refractivity contribution is 7.87. The van der Waals surface area contributed by atoms with Crippen LogP contribution in [0.4, 0.5) is 0 Å². The van der Waals surface area contributed by atoms with Crippen LogP contribution in [-0.2, 0) is 10.2 Å². The van der Waals surface area contributed by atoms with Gasteiger partial charge in [0.15, 0.2) is 0 Å². The molecule has 6 nitrogen and oxygen atoms in total. The third-order valence-electron chi connectivity index (χ3n) is 3.49. The van der Waals surface area contributed by atoms with E-state index in [4.69, 9.17) is 5.11 Å². The van der Waals surface area contributed by atoms with Gasteiger partial charge in [-0.05, 0) is 32.4 Å². The molecule has 0 amide bonds. The summed E-state index contributed by atoms with van der Waals surface area (Å²) < 4.78 is 28.1. The molecule has 108 valence electrons. The first kappa shape index (κ1) is 15.8. The van der Waals surface area contributed by atoms with E-state index in [9.17, 15) is 8.42 Å². The molecule has 1 saturated heterocycles. The van der Waals surface area contributed by atoms with Gasteiger partial charge in [0.1, 0.15) is 0 Å². The van der Waals surface area contributed by atoms with Crippen LogP contribution in [0.3, 0.4) is 0 Å². The zero-order valence-corrected chi connectivity index (χ0v) is 12.1. The summed E-state index contributed by atoms with van der Waals surface area (Å²) in [4.78, 5) is 2.06. The first-order valence-corrected chi connectivity index (χ1v) is 7.97. The summed E-state index contributed by atoms with van der Waals surface area (Å²) in [6.45, 7) is 5.25. The Labute approximate surface area is 110 Å². The van der Waals surface area contributed by atoms with Crippen molar-refractivity contribution >= 4 is 10.2 Å². The van der Waals surface area contributed by atoms with Crippen LogP contribution < -0.4 is 4.72 Å². The summed E-state index contributed by atoms with van der Waals surface area (Å²) in [5.74, 6) is 0.252. The van der Waals surface area contributed by atoms with Crippen molar-refractivity contribution in [3.8, 4) is 0 Å². The van der Waals surface area contributed by atoms with Gasteiger partial charge in [0.25, 0.3) is 10.2 Å². The summed E-state index contributed by atoms with van der Waals surface area (Å²) in [6.07, 6.45) is 1.48. The molecule has 0 aromatic rings. The van der Waals surface area contributed by atoms with E-state index in [1.54, 1.807) is 0 Å². The van der Waals surface area contributed by atoms with Crippen LogP contribution in [0.2, 0.25) is 0 Å². The van der Waals surface area contributed by atoms with Gasteiger partial charge >= 0.3 is 0 Å². The molecule has 0 saturated carbocycles. The molecule has 0 aromatic heterocycles. The number of hydrogen-bond donors (Lipinski definition) is 2. The third-order valence-corrected chi connectivity index (χ3v) is 5.10. The zero-order valence-electron chi connectivity index (χ0n) is 11.3. The van der Waals surface area contributed by atoms with Gasteiger partial charge in [-0.3, -0.25) is 0 Å². The number of likely N-dealkylation sites (N-methyl/N-ethyl adjacent to an activating group) is 1. The summed E-state index contributed by atoms with van der Waals surface area (Å²) in [5.41, 5.74) is 0. The number of aliphatic hydroxyl groups excluding tert-OH is 1. The first-order valence-electron chi connectivity index (χ1n) is 6.53. The van der Waals surface area contributed by atoms with E-state index in [0.717, 1.165) is 19.4 Å². The van der Waals surface area contributed by atoms with Crippen molar-refractivity contribution in [3.05, 3.63) is 0 Å². The maximum Gasteiger partial charge on any atom is 0.279 e. The van der Waals surface area contributed by atoms with Crippen molar-refractivity contribution < 1.29 is 13.5 Å². The lowest BCUT2D eigenvalue weighted by Gasteiger charge is -2.30. The van der Waals surface area contributed by atoms with E-state index in [0.29, 0.717) is 26.2 Å². The van der Waals surface area contributed by atoms with Gasteiger partial charge in [-0.15, -0.1) is 0 Å². The predicted molar refractivity (Wildman–Crippen MR) is 71.5 cm³/mol. The minimum absolute atomic E-state index is 0.155. The molecule has 18 heavy (non-hydrogen) atoms. The second-order valence-electron chi connectivity index (χ2n) is 4.82. The van der Waals surface area contributed by atoms with Crippen LogP contribution in [0.25, 0.3) is 0 Å². The Morgan fingerprint density at radius 1 is 1.39 bits per heavy atom. The first-order chi connectivity index (χ1) is 8.49. The lowest BCUT2D eigenvalue weighted by molar-refractivity contribution is 0.169. The van der Waals surface area contributed by atoms with E-state index in [-0.39, 0.29) is 12.5 Å². The number of piperidine rings is 1. The zero-order chi connectivity index (χ0) is 13.6. The fourth-order valence-electron chi connectivity index (χ4n) is 1.95. The van der Waals surface area contributed by atoms with Crippen molar-refractivity contribution in [2.24, 2.45) is 5.92 Å². The van der Waals surface area contributed by atoms with Gasteiger partial charge in [0, 0.05) is 32.8 Å². The van der Waals surface area contributed by atoms with Crippen molar-refractivity contribution in [1.82, 2.24) is 13.9 Å². The summed E-state index contributed by atoms with van der Waals surface area (Å²) in [7, 11) is -1.38. The maximum absolute atomic E-state index is 12.0. The average molecular weight is 279 g/mol. The van der Waals surface area contributed by atoms with Crippen molar-refractivity contribution in [2.45, 2.75) is 19.8 Å². The van der Waals surface area contributed by atoms with Crippen LogP contribution in [0.5, 0.6) is 0 Å². The maximum atomic E-state index is 12.0. The minimum Gasteiger partial charge on any atom is -0.396 e. The van der Waals surface area contributed by atoms with Gasteiger partial charge in [-0.1, -0.05) is 6.92 Å². The van der Waals surface area contributed by atoms with Crippen LogP contribution in [0, 0.1) is 5.92 Å². The van der Waals surface area contributed by atoms with Crippen LogP contribution in [-0.4, -0.2) is 69.1 Å². The highest BCUT2D eigenvalue weighted by atomic mass is 32.2. The van der Waals surface area contributed by atoms with E-state index in [2.05, 4.69) is 9.62 Å². The Morgan fingerprint density at radius 2 is 2.00 bits per heavy atom. The van der Waals surface area contributed by atoms with Gasteiger partial charge in [0.05, 0.1) is 0 Å². The molecule has 1 fully saturated rings. The molecule has 0 radical (unpaired) electrons. The largest absolute Gasteiger partial charge is 0.396 e.